The zero-order valence-electron chi connectivity index (χ0n) is 12.6. The van der Waals surface area contributed by atoms with Gasteiger partial charge in [0.25, 0.3) is 0 Å². The van der Waals surface area contributed by atoms with Crippen LogP contribution in [-0.2, 0) is 4.79 Å². The van der Waals surface area contributed by atoms with E-state index in [1.54, 1.807) is 0 Å². The van der Waals surface area contributed by atoms with Gasteiger partial charge in [0.05, 0.1) is 11.4 Å². The molecule has 1 unspecified atom stereocenters. The summed E-state index contributed by atoms with van der Waals surface area (Å²) in [7, 11) is 0. The quantitative estimate of drug-likeness (QED) is 0.821. The highest BCUT2D eigenvalue weighted by Gasteiger charge is 2.17. The minimum absolute atomic E-state index is 0.0713. The monoisotopic (exact) mass is 293 g/mol. The highest BCUT2D eigenvalue weighted by atomic mass is 19.1. The molecule has 0 aliphatic carbocycles. The fourth-order valence-electron chi connectivity index (χ4n) is 2.79. The Bertz CT molecular complexity index is 492. The molecule has 116 valence electrons. The van der Waals surface area contributed by atoms with Crippen LogP contribution in [-0.4, -0.2) is 29.9 Å². The van der Waals surface area contributed by atoms with Crippen molar-refractivity contribution in [3.63, 3.8) is 0 Å². The Morgan fingerprint density at radius 3 is 3.00 bits per heavy atom. The molecular formula is C16H24FN3O. The Hall–Kier alpha value is -1.62. The van der Waals surface area contributed by atoms with Crippen molar-refractivity contribution in [2.24, 2.45) is 0 Å². The van der Waals surface area contributed by atoms with Crippen LogP contribution in [0.3, 0.4) is 0 Å². The molecule has 0 radical (unpaired) electrons. The van der Waals surface area contributed by atoms with Gasteiger partial charge in [-0.15, -0.1) is 0 Å². The predicted molar refractivity (Wildman–Crippen MR) is 83.6 cm³/mol. The Kier molecular flexibility index (Phi) is 5.56. The third kappa shape index (κ3) is 4.70. The fraction of sp³-hybridized carbons (Fsp3) is 0.562. The third-order valence-corrected chi connectivity index (χ3v) is 4.08. The van der Waals surface area contributed by atoms with E-state index in [2.05, 4.69) is 17.1 Å². The van der Waals surface area contributed by atoms with Crippen LogP contribution >= 0.6 is 0 Å². The van der Waals surface area contributed by atoms with Gasteiger partial charge < -0.3 is 16.0 Å². The van der Waals surface area contributed by atoms with Gasteiger partial charge in [0.2, 0.25) is 5.91 Å². The van der Waals surface area contributed by atoms with Crippen LogP contribution in [0.1, 0.15) is 39.0 Å². The number of nitrogens with zero attached hydrogens (tertiary/aromatic N) is 1. The molecule has 1 fully saturated rings. The second kappa shape index (κ2) is 7.41. The Labute approximate surface area is 125 Å². The van der Waals surface area contributed by atoms with Gasteiger partial charge in [-0.3, -0.25) is 4.79 Å². The molecule has 4 nitrogen and oxygen atoms in total. The van der Waals surface area contributed by atoms with Crippen molar-refractivity contribution in [3.05, 3.63) is 24.0 Å². The molecule has 1 atom stereocenters. The van der Waals surface area contributed by atoms with Crippen LogP contribution in [0.15, 0.2) is 18.2 Å². The van der Waals surface area contributed by atoms with Crippen LogP contribution in [0, 0.1) is 5.82 Å². The maximum Gasteiger partial charge on any atom is 0.224 e. The summed E-state index contributed by atoms with van der Waals surface area (Å²) < 4.78 is 12.9. The maximum absolute atomic E-state index is 12.9. The number of amides is 1. The van der Waals surface area contributed by atoms with Crippen molar-refractivity contribution in [2.75, 3.05) is 24.1 Å². The molecule has 21 heavy (non-hydrogen) atoms. The van der Waals surface area contributed by atoms with Gasteiger partial charge in [0, 0.05) is 12.5 Å². The zero-order chi connectivity index (χ0) is 15.2. The summed E-state index contributed by atoms with van der Waals surface area (Å²) in [5.41, 5.74) is 6.41. The van der Waals surface area contributed by atoms with Crippen molar-refractivity contribution in [2.45, 2.75) is 45.1 Å². The largest absolute Gasteiger partial charge is 0.397 e. The lowest BCUT2D eigenvalue weighted by Crippen LogP contribution is -2.38. The fourth-order valence-corrected chi connectivity index (χ4v) is 2.79. The molecule has 1 saturated heterocycles. The first kappa shape index (κ1) is 15.8. The molecule has 1 heterocycles. The number of carbonyl (C=O) groups is 1. The van der Waals surface area contributed by atoms with Crippen molar-refractivity contribution >= 4 is 17.3 Å². The molecule has 0 aromatic heterocycles. The number of nitrogen functional groups attached to an aromatic ring is 1. The first-order valence-corrected chi connectivity index (χ1v) is 7.65. The van der Waals surface area contributed by atoms with E-state index in [1.807, 2.05) is 0 Å². The number of hydrogen-bond donors (Lipinski definition) is 2. The van der Waals surface area contributed by atoms with Gasteiger partial charge in [-0.2, -0.15) is 0 Å². The van der Waals surface area contributed by atoms with E-state index in [9.17, 15) is 9.18 Å². The maximum atomic E-state index is 12.9. The molecular weight excluding hydrogens is 269 g/mol. The topological polar surface area (TPSA) is 58.4 Å². The SMILES string of the molecule is CC1CCCCN1CCCC(=O)Nc1ccc(F)cc1N. The van der Waals surface area contributed by atoms with Gasteiger partial charge in [-0.25, -0.2) is 4.39 Å². The van der Waals surface area contributed by atoms with Crippen LogP contribution in [0.25, 0.3) is 0 Å². The smallest absolute Gasteiger partial charge is 0.224 e. The number of rotatable bonds is 5. The highest BCUT2D eigenvalue weighted by Crippen LogP contribution is 2.20. The number of likely N-dealkylation sites (tertiary alicyclic amines) is 1. The molecule has 3 N–H and O–H groups in total. The number of halogens is 1. The highest BCUT2D eigenvalue weighted by molar-refractivity contribution is 5.93. The molecule has 1 aromatic rings. The normalized spacial score (nSPS) is 19.4. The summed E-state index contributed by atoms with van der Waals surface area (Å²) in [5.74, 6) is -0.470. The summed E-state index contributed by atoms with van der Waals surface area (Å²) in [6.07, 6.45) is 5.10. The lowest BCUT2D eigenvalue weighted by molar-refractivity contribution is -0.116. The van der Waals surface area contributed by atoms with Gasteiger partial charge in [0.15, 0.2) is 0 Å². The predicted octanol–water partition coefficient (Wildman–Crippen LogP) is 3.00. The Morgan fingerprint density at radius 2 is 2.29 bits per heavy atom. The van der Waals surface area contributed by atoms with Gasteiger partial charge in [0.1, 0.15) is 5.82 Å². The van der Waals surface area contributed by atoms with Crippen molar-refractivity contribution in [3.8, 4) is 0 Å². The summed E-state index contributed by atoms with van der Waals surface area (Å²) in [6, 6.07) is 4.62. The number of anilines is 2. The van der Waals surface area contributed by atoms with Crippen molar-refractivity contribution in [1.82, 2.24) is 4.90 Å². The van der Waals surface area contributed by atoms with Crippen molar-refractivity contribution in [1.29, 1.82) is 0 Å². The Morgan fingerprint density at radius 1 is 1.48 bits per heavy atom. The minimum atomic E-state index is -0.399. The second-order valence-electron chi connectivity index (χ2n) is 5.76. The average Bonchev–Trinajstić information content (AvgIpc) is 2.44. The van der Waals surface area contributed by atoms with Gasteiger partial charge in [-0.1, -0.05) is 6.42 Å². The molecule has 1 aliphatic heterocycles. The van der Waals surface area contributed by atoms with E-state index in [0.717, 1.165) is 19.5 Å². The summed E-state index contributed by atoms with van der Waals surface area (Å²) in [4.78, 5) is 14.3. The first-order chi connectivity index (χ1) is 10.1. The number of nitrogens with two attached hydrogens (primary N) is 1. The minimum Gasteiger partial charge on any atom is -0.397 e. The van der Waals surface area contributed by atoms with E-state index < -0.39 is 5.82 Å². The lowest BCUT2D eigenvalue weighted by atomic mass is 10.0. The first-order valence-electron chi connectivity index (χ1n) is 7.65. The molecule has 0 saturated carbocycles. The van der Waals surface area contributed by atoms with Crippen LogP contribution in [0.2, 0.25) is 0 Å². The second-order valence-corrected chi connectivity index (χ2v) is 5.76. The Balaban J connectivity index is 1.74. The van der Waals surface area contributed by atoms with Gasteiger partial charge >= 0.3 is 0 Å². The summed E-state index contributed by atoms with van der Waals surface area (Å²) in [6.45, 7) is 4.33. The zero-order valence-corrected chi connectivity index (χ0v) is 12.6. The number of piperidine rings is 1. The van der Waals surface area contributed by atoms with Gasteiger partial charge in [-0.05, 0) is 57.5 Å². The summed E-state index contributed by atoms with van der Waals surface area (Å²) in [5, 5.41) is 2.74. The van der Waals surface area contributed by atoms with Crippen LogP contribution < -0.4 is 11.1 Å². The number of benzene rings is 1. The van der Waals surface area contributed by atoms with Crippen LogP contribution in [0.5, 0.6) is 0 Å². The molecule has 1 amide bonds. The molecule has 5 heteroatoms. The number of nitrogens with one attached hydrogen (secondary N) is 1. The lowest BCUT2D eigenvalue weighted by Gasteiger charge is -2.33. The number of hydrogen-bond acceptors (Lipinski definition) is 3. The summed E-state index contributed by atoms with van der Waals surface area (Å²) >= 11 is 0. The molecule has 0 spiro atoms. The average molecular weight is 293 g/mol. The van der Waals surface area contributed by atoms with E-state index in [4.69, 9.17) is 5.73 Å². The molecule has 1 aliphatic rings. The molecule has 1 aromatic carbocycles. The molecule has 0 bridgehead atoms. The van der Waals surface area contributed by atoms with Crippen molar-refractivity contribution < 1.29 is 9.18 Å². The van der Waals surface area contributed by atoms with Crippen LogP contribution in [0.4, 0.5) is 15.8 Å². The molecule has 2 rings (SSSR count). The number of carbonyl (C=O) groups excluding carboxylic acids is 1. The standard InChI is InChI=1S/C16H24FN3O/c1-12-5-2-3-9-20(12)10-4-6-16(21)19-15-8-7-13(17)11-14(15)18/h7-8,11-12H,2-6,9-10,18H2,1H3,(H,19,21). The van der Waals surface area contributed by atoms with E-state index in [1.165, 1.54) is 37.5 Å². The van der Waals surface area contributed by atoms with E-state index in [0.29, 0.717) is 18.2 Å². The van der Waals surface area contributed by atoms with E-state index >= 15 is 0 Å². The van der Waals surface area contributed by atoms with E-state index in [-0.39, 0.29) is 11.6 Å². The third-order valence-electron chi connectivity index (χ3n) is 4.08.